The van der Waals surface area contributed by atoms with Gasteiger partial charge in [0.2, 0.25) is 0 Å². The van der Waals surface area contributed by atoms with Crippen LogP contribution in [0.3, 0.4) is 0 Å². The number of carbonyl (C=O) groups excluding carboxylic acids is 2. The number of pyridine rings is 1. The van der Waals surface area contributed by atoms with E-state index in [2.05, 4.69) is 15.6 Å². The highest BCUT2D eigenvalue weighted by atomic mass is 19.1. The van der Waals surface area contributed by atoms with Gasteiger partial charge < -0.3 is 20.1 Å². The number of nitrogens with one attached hydrogen (secondary N) is 2. The molecule has 2 heterocycles. The third-order valence-electron chi connectivity index (χ3n) is 6.13. The van der Waals surface area contributed by atoms with Gasteiger partial charge in [0.1, 0.15) is 11.6 Å². The molecular formula is C27H23F2N5O4. The van der Waals surface area contributed by atoms with E-state index in [0.29, 0.717) is 33.8 Å². The van der Waals surface area contributed by atoms with Crippen molar-refractivity contribution in [2.45, 2.75) is 0 Å². The van der Waals surface area contributed by atoms with Gasteiger partial charge in [-0.1, -0.05) is 0 Å². The summed E-state index contributed by atoms with van der Waals surface area (Å²) in [6.07, 6.45) is 1.59. The van der Waals surface area contributed by atoms with Crippen molar-refractivity contribution in [3.63, 3.8) is 0 Å². The molecule has 0 aliphatic carbocycles. The zero-order valence-electron chi connectivity index (χ0n) is 20.5. The molecule has 3 aromatic carbocycles. The molecule has 9 nitrogen and oxygen atoms in total. The maximum absolute atomic E-state index is 15.0. The van der Waals surface area contributed by atoms with Crippen LogP contribution in [-0.2, 0) is 0 Å². The summed E-state index contributed by atoms with van der Waals surface area (Å²) < 4.78 is 38.9. The third kappa shape index (κ3) is 4.73. The van der Waals surface area contributed by atoms with E-state index in [1.54, 1.807) is 24.4 Å². The molecule has 5 rings (SSSR count). The van der Waals surface area contributed by atoms with E-state index in [9.17, 15) is 14.0 Å². The molecule has 1 aliphatic heterocycles. The summed E-state index contributed by atoms with van der Waals surface area (Å²) in [7, 11) is 3.05. The number of fused-ring (bicyclic) bond motifs is 1. The summed E-state index contributed by atoms with van der Waals surface area (Å²) in [6.45, 7) is 0.388. The molecule has 38 heavy (non-hydrogen) atoms. The summed E-state index contributed by atoms with van der Waals surface area (Å²) in [5.74, 6) is -0.0156. The number of ether oxygens (including phenoxy) is 2. The van der Waals surface area contributed by atoms with Gasteiger partial charge in [0.15, 0.2) is 11.5 Å². The molecule has 0 radical (unpaired) electrons. The monoisotopic (exact) mass is 519 g/mol. The fourth-order valence-electron chi connectivity index (χ4n) is 4.20. The number of benzene rings is 3. The first-order valence-electron chi connectivity index (χ1n) is 11.6. The lowest BCUT2D eigenvalue weighted by Gasteiger charge is -2.18. The van der Waals surface area contributed by atoms with Gasteiger partial charge in [0, 0.05) is 41.3 Å². The lowest BCUT2D eigenvalue weighted by molar-refractivity contribution is 0.209. The molecule has 1 aromatic heterocycles. The highest BCUT2D eigenvalue weighted by Crippen LogP contribution is 2.36. The Hall–Kier alpha value is -4.93. The predicted octanol–water partition coefficient (Wildman–Crippen LogP) is 5.75. The van der Waals surface area contributed by atoms with Gasteiger partial charge in [0.25, 0.3) is 0 Å². The molecule has 4 aromatic rings. The number of methoxy groups -OCH3 is 2. The van der Waals surface area contributed by atoms with E-state index < -0.39 is 23.7 Å². The Morgan fingerprint density at radius 1 is 0.921 bits per heavy atom. The molecule has 11 heteroatoms. The highest BCUT2D eigenvalue weighted by Gasteiger charge is 2.34. The fourth-order valence-corrected chi connectivity index (χ4v) is 4.20. The summed E-state index contributed by atoms with van der Waals surface area (Å²) in [5, 5.41) is 6.30. The molecule has 1 aliphatic rings. The van der Waals surface area contributed by atoms with E-state index in [4.69, 9.17) is 9.47 Å². The number of imide groups is 1. The van der Waals surface area contributed by atoms with Gasteiger partial charge >= 0.3 is 12.1 Å². The van der Waals surface area contributed by atoms with Gasteiger partial charge in [-0.3, -0.25) is 9.88 Å². The van der Waals surface area contributed by atoms with Crippen LogP contribution in [0.15, 0.2) is 66.9 Å². The van der Waals surface area contributed by atoms with Gasteiger partial charge in [0.05, 0.1) is 32.0 Å². The molecule has 4 amide bonds. The first kappa shape index (κ1) is 24.8. The molecule has 2 N–H and O–H groups in total. The second-order valence-electron chi connectivity index (χ2n) is 8.39. The smallest absolute Gasteiger partial charge is 0.332 e. The average Bonchev–Trinajstić information content (AvgIpc) is 3.31. The molecule has 0 atom stereocenters. The van der Waals surface area contributed by atoms with Crippen LogP contribution in [0.1, 0.15) is 0 Å². The number of hydrogen-bond donors (Lipinski definition) is 2. The largest absolute Gasteiger partial charge is 0.493 e. The minimum Gasteiger partial charge on any atom is -0.493 e. The Morgan fingerprint density at radius 3 is 2.37 bits per heavy atom. The number of anilines is 4. The van der Waals surface area contributed by atoms with Crippen molar-refractivity contribution >= 4 is 45.7 Å². The van der Waals surface area contributed by atoms with Crippen LogP contribution in [0.2, 0.25) is 0 Å². The van der Waals surface area contributed by atoms with Crippen LogP contribution >= 0.6 is 0 Å². The number of rotatable bonds is 6. The van der Waals surface area contributed by atoms with E-state index in [-0.39, 0.29) is 24.5 Å². The van der Waals surface area contributed by atoms with E-state index >= 15 is 4.39 Å². The standard InChI is InChI=1S/C27H23F2N5O4/c1-37-24-14-19-21(9-10-30-23(19)15-25(24)38-2)32-22-8-5-17(13-20(22)29)31-26(35)34-12-11-33(27(34)36)18-6-3-16(28)4-7-18/h3-10,13-15H,11-12H2,1-2H3,(H,30,32)(H,31,35). The average molecular weight is 520 g/mol. The molecule has 0 bridgehead atoms. The summed E-state index contributed by atoms with van der Waals surface area (Å²) in [4.78, 5) is 32.2. The van der Waals surface area contributed by atoms with Crippen LogP contribution in [-0.4, -0.2) is 49.3 Å². The zero-order valence-corrected chi connectivity index (χ0v) is 20.5. The lowest BCUT2D eigenvalue weighted by atomic mass is 10.1. The molecule has 1 fully saturated rings. The molecule has 0 spiro atoms. The van der Waals surface area contributed by atoms with E-state index in [1.807, 2.05) is 0 Å². The van der Waals surface area contributed by atoms with Gasteiger partial charge in [-0.25, -0.2) is 23.3 Å². The second-order valence-corrected chi connectivity index (χ2v) is 8.39. The minimum absolute atomic E-state index is 0.132. The number of carbonyl (C=O) groups is 2. The normalized spacial score (nSPS) is 13.1. The van der Waals surface area contributed by atoms with Crippen molar-refractivity contribution in [3.05, 3.63) is 78.5 Å². The van der Waals surface area contributed by atoms with Crippen molar-refractivity contribution in [2.75, 3.05) is 42.8 Å². The third-order valence-corrected chi connectivity index (χ3v) is 6.13. The first-order valence-corrected chi connectivity index (χ1v) is 11.6. The molecule has 1 saturated heterocycles. The van der Waals surface area contributed by atoms with Crippen molar-refractivity contribution in [2.24, 2.45) is 0 Å². The maximum atomic E-state index is 15.0. The number of urea groups is 2. The molecular weight excluding hydrogens is 496 g/mol. The maximum Gasteiger partial charge on any atom is 0.332 e. The summed E-state index contributed by atoms with van der Waals surface area (Å²) in [6, 6.07) is 13.5. The van der Waals surface area contributed by atoms with E-state index in [0.717, 1.165) is 11.0 Å². The molecule has 0 saturated carbocycles. The van der Waals surface area contributed by atoms with Crippen LogP contribution < -0.4 is 25.0 Å². The molecule has 0 unspecified atom stereocenters. The fraction of sp³-hybridized carbons (Fsp3) is 0.148. The van der Waals surface area contributed by atoms with E-state index in [1.165, 1.54) is 55.5 Å². The quantitative estimate of drug-likeness (QED) is 0.337. The van der Waals surface area contributed by atoms with Gasteiger partial charge in [-0.15, -0.1) is 0 Å². The van der Waals surface area contributed by atoms with Crippen LogP contribution in [0.5, 0.6) is 11.5 Å². The van der Waals surface area contributed by atoms with Crippen LogP contribution in [0.4, 0.5) is 41.1 Å². The van der Waals surface area contributed by atoms with Gasteiger partial charge in [-0.05, 0) is 54.6 Å². The second kappa shape index (κ2) is 10.2. The molecule has 194 valence electrons. The highest BCUT2D eigenvalue weighted by molar-refractivity contribution is 6.08. The Balaban J connectivity index is 1.30. The number of amides is 4. The zero-order chi connectivity index (χ0) is 26.8. The Labute approximate surface area is 216 Å². The van der Waals surface area contributed by atoms with Crippen molar-refractivity contribution in [1.82, 2.24) is 9.88 Å². The summed E-state index contributed by atoms with van der Waals surface area (Å²) >= 11 is 0. The Morgan fingerprint density at radius 2 is 1.66 bits per heavy atom. The predicted molar refractivity (Wildman–Crippen MR) is 139 cm³/mol. The Kier molecular flexibility index (Phi) is 6.65. The number of aromatic nitrogens is 1. The first-order chi connectivity index (χ1) is 18.4. The van der Waals surface area contributed by atoms with Crippen molar-refractivity contribution in [3.8, 4) is 11.5 Å². The minimum atomic E-state index is -0.694. The summed E-state index contributed by atoms with van der Waals surface area (Å²) in [5.41, 5.74) is 2.05. The SMILES string of the molecule is COc1cc2nccc(Nc3ccc(NC(=O)N4CCN(c5ccc(F)cc5)C4=O)cc3F)c2cc1OC. The number of hydrogen-bond acceptors (Lipinski definition) is 6. The van der Waals surface area contributed by atoms with Crippen LogP contribution in [0, 0.1) is 11.6 Å². The van der Waals surface area contributed by atoms with Crippen molar-refractivity contribution < 1.29 is 27.8 Å². The Bertz CT molecular complexity index is 1530. The number of halogens is 2. The topological polar surface area (TPSA) is 96.0 Å². The number of nitrogens with zero attached hydrogens (tertiary/aromatic N) is 3. The van der Waals surface area contributed by atoms with Crippen molar-refractivity contribution in [1.29, 1.82) is 0 Å². The van der Waals surface area contributed by atoms with Crippen LogP contribution in [0.25, 0.3) is 10.9 Å². The lowest BCUT2D eigenvalue weighted by Crippen LogP contribution is -2.39. The van der Waals surface area contributed by atoms with Gasteiger partial charge in [-0.2, -0.15) is 0 Å².